The predicted molar refractivity (Wildman–Crippen MR) is 98.0 cm³/mol. The average molecular weight is 416 g/mol. The summed E-state index contributed by atoms with van der Waals surface area (Å²) in [7, 11) is -2.25. The van der Waals surface area contributed by atoms with Crippen LogP contribution in [0, 0.1) is 10.1 Å². The van der Waals surface area contributed by atoms with E-state index in [4.69, 9.17) is 4.74 Å². The van der Waals surface area contributed by atoms with Crippen LogP contribution in [0.15, 0.2) is 41.3 Å². The molecule has 0 aliphatic carbocycles. The van der Waals surface area contributed by atoms with Gasteiger partial charge in [-0.2, -0.15) is 8.78 Å². The first kappa shape index (κ1) is 21.4. The van der Waals surface area contributed by atoms with E-state index in [-0.39, 0.29) is 34.3 Å². The van der Waals surface area contributed by atoms with Crippen LogP contribution in [0.4, 0.5) is 20.2 Å². The van der Waals surface area contributed by atoms with E-state index in [9.17, 15) is 27.3 Å². The lowest BCUT2D eigenvalue weighted by atomic mass is 10.1. The van der Waals surface area contributed by atoms with Gasteiger partial charge < -0.3 is 14.8 Å². The van der Waals surface area contributed by atoms with Gasteiger partial charge in [-0.1, -0.05) is 6.07 Å². The van der Waals surface area contributed by atoms with Gasteiger partial charge in [-0.15, -0.1) is 0 Å². The Morgan fingerprint density at radius 2 is 1.89 bits per heavy atom. The fourth-order valence-corrected chi connectivity index (χ4v) is 3.09. The van der Waals surface area contributed by atoms with Crippen LogP contribution >= 0.6 is 0 Å². The predicted octanol–water partition coefficient (Wildman–Crippen LogP) is 3.26. The van der Waals surface area contributed by atoms with Crippen molar-refractivity contribution in [1.29, 1.82) is 0 Å². The Morgan fingerprint density at radius 3 is 2.46 bits per heavy atom. The molecular weight excluding hydrogens is 398 g/mol. The van der Waals surface area contributed by atoms with Crippen molar-refractivity contribution in [1.82, 2.24) is 0 Å². The molecule has 0 aromatic heterocycles. The van der Waals surface area contributed by atoms with E-state index in [1.807, 2.05) is 0 Å². The van der Waals surface area contributed by atoms with Gasteiger partial charge in [0.25, 0.3) is 5.69 Å². The Morgan fingerprint density at radius 1 is 1.18 bits per heavy atom. The highest BCUT2D eigenvalue weighted by molar-refractivity contribution is 7.90. The fourth-order valence-electron chi connectivity index (χ4n) is 2.44. The molecular formula is C17H18F2N2O6S. The first-order valence-corrected chi connectivity index (χ1v) is 9.85. The van der Waals surface area contributed by atoms with E-state index < -0.39 is 21.4 Å². The fraction of sp³-hybridized carbons (Fsp3) is 0.294. The van der Waals surface area contributed by atoms with Crippen LogP contribution in [0.5, 0.6) is 11.5 Å². The molecule has 0 aliphatic heterocycles. The largest absolute Gasteiger partial charge is 0.493 e. The first-order chi connectivity index (χ1) is 13.1. The van der Waals surface area contributed by atoms with Crippen molar-refractivity contribution in [2.75, 3.05) is 25.2 Å². The van der Waals surface area contributed by atoms with Crippen LogP contribution in [0.3, 0.4) is 0 Å². The number of sulfone groups is 1. The van der Waals surface area contributed by atoms with Gasteiger partial charge in [0.1, 0.15) is 5.69 Å². The topological polar surface area (TPSA) is 108 Å². The SMILES string of the molecule is COc1cc(CCNc2ccc(S(C)(=O)=O)cc2[N+](=O)[O-])ccc1OC(F)F. The molecule has 0 aliphatic rings. The highest BCUT2D eigenvalue weighted by Gasteiger charge is 2.18. The standard InChI is InChI=1S/C17H18F2N2O6S/c1-26-16-9-11(3-6-15(16)27-17(18)19)7-8-20-13-5-4-12(28(2,24)25)10-14(13)21(22)23/h3-6,9-10,17,20H,7-8H2,1-2H3. The number of halogens is 2. The summed E-state index contributed by atoms with van der Waals surface area (Å²) >= 11 is 0. The Kier molecular flexibility index (Phi) is 6.73. The maximum absolute atomic E-state index is 12.4. The van der Waals surface area contributed by atoms with Gasteiger partial charge in [0.05, 0.1) is 16.9 Å². The van der Waals surface area contributed by atoms with E-state index in [2.05, 4.69) is 10.1 Å². The zero-order valence-corrected chi connectivity index (χ0v) is 15.8. The lowest BCUT2D eigenvalue weighted by Gasteiger charge is -2.12. The van der Waals surface area contributed by atoms with E-state index >= 15 is 0 Å². The van der Waals surface area contributed by atoms with Gasteiger partial charge in [-0.25, -0.2) is 8.42 Å². The summed E-state index contributed by atoms with van der Waals surface area (Å²) in [5.41, 5.74) is 0.532. The van der Waals surface area contributed by atoms with Gasteiger partial charge in [0.2, 0.25) is 0 Å². The van der Waals surface area contributed by atoms with Crippen LogP contribution in [0.25, 0.3) is 0 Å². The number of nitro groups is 1. The van der Waals surface area contributed by atoms with Crippen LogP contribution in [0.1, 0.15) is 5.56 Å². The Hall–Kier alpha value is -2.95. The molecule has 0 atom stereocenters. The number of anilines is 1. The summed E-state index contributed by atoms with van der Waals surface area (Å²) in [6.07, 6.45) is 1.37. The molecule has 152 valence electrons. The summed E-state index contributed by atoms with van der Waals surface area (Å²) in [4.78, 5) is 10.4. The first-order valence-electron chi connectivity index (χ1n) is 7.96. The number of methoxy groups -OCH3 is 1. The number of nitro benzene ring substituents is 1. The number of rotatable bonds is 9. The second kappa shape index (κ2) is 8.83. The van der Waals surface area contributed by atoms with Crippen molar-refractivity contribution in [3.63, 3.8) is 0 Å². The van der Waals surface area contributed by atoms with Crippen molar-refractivity contribution in [2.24, 2.45) is 0 Å². The van der Waals surface area contributed by atoms with Gasteiger partial charge in [-0.05, 0) is 36.2 Å². The molecule has 28 heavy (non-hydrogen) atoms. The minimum atomic E-state index is -3.57. The molecule has 0 saturated heterocycles. The van der Waals surface area contributed by atoms with Crippen LogP contribution < -0.4 is 14.8 Å². The molecule has 0 saturated carbocycles. The molecule has 0 fully saturated rings. The van der Waals surface area contributed by atoms with Crippen LogP contribution in [0.2, 0.25) is 0 Å². The third-order valence-corrected chi connectivity index (χ3v) is 4.88. The summed E-state index contributed by atoms with van der Waals surface area (Å²) in [6, 6.07) is 8.06. The van der Waals surface area contributed by atoms with E-state index in [0.717, 1.165) is 17.9 Å². The number of nitrogens with one attached hydrogen (secondary N) is 1. The molecule has 1 N–H and O–H groups in total. The minimum Gasteiger partial charge on any atom is -0.493 e. The van der Waals surface area contributed by atoms with Crippen LogP contribution in [-0.2, 0) is 16.3 Å². The van der Waals surface area contributed by atoms with Crippen molar-refractivity contribution < 1.29 is 31.6 Å². The average Bonchev–Trinajstić information content (AvgIpc) is 2.61. The number of benzene rings is 2. The van der Waals surface area contributed by atoms with E-state index in [1.54, 1.807) is 6.07 Å². The quantitative estimate of drug-likeness (QED) is 0.494. The van der Waals surface area contributed by atoms with Crippen LogP contribution in [-0.4, -0.2) is 39.9 Å². The van der Waals surface area contributed by atoms with Gasteiger partial charge in [0, 0.05) is 18.9 Å². The molecule has 11 heteroatoms. The minimum absolute atomic E-state index is 0.0961. The Labute approximate surface area is 160 Å². The highest BCUT2D eigenvalue weighted by atomic mass is 32.2. The molecule has 0 radical (unpaired) electrons. The van der Waals surface area contributed by atoms with Crippen molar-refractivity contribution in [3.8, 4) is 11.5 Å². The molecule has 0 spiro atoms. The zero-order chi connectivity index (χ0) is 20.9. The molecule has 8 nitrogen and oxygen atoms in total. The second-order valence-electron chi connectivity index (χ2n) is 5.75. The third kappa shape index (κ3) is 5.52. The summed E-state index contributed by atoms with van der Waals surface area (Å²) < 4.78 is 57.2. The lowest BCUT2D eigenvalue weighted by molar-refractivity contribution is -0.384. The maximum atomic E-state index is 12.4. The van der Waals surface area contributed by atoms with Crippen molar-refractivity contribution in [2.45, 2.75) is 17.9 Å². The molecule has 0 heterocycles. The Balaban J connectivity index is 2.12. The smallest absolute Gasteiger partial charge is 0.387 e. The summed E-state index contributed by atoms with van der Waals surface area (Å²) in [5.74, 6) is 0.0440. The van der Waals surface area contributed by atoms with Crippen molar-refractivity contribution >= 4 is 21.2 Å². The highest BCUT2D eigenvalue weighted by Crippen LogP contribution is 2.30. The van der Waals surface area contributed by atoms with E-state index in [1.165, 1.54) is 31.4 Å². The second-order valence-corrected chi connectivity index (χ2v) is 7.76. The number of hydrogen-bond donors (Lipinski definition) is 1. The zero-order valence-electron chi connectivity index (χ0n) is 15.0. The monoisotopic (exact) mass is 416 g/mol. The molecule has 2 rings (SSSR count). The molecule has 0 amide bonds. The number of alkyl halides is 2. The van der Waals surface area contributed by atoms with Crippen molar-refractivity contribution in [3.05, 3.63) is 52.1 Å². The summed E-state index contributed by atoms with van der Waals surface area (Å²) in [5, 5.41) is 14.1. The Bertz CT molecular complexity index is 966. The molecule has 0 bridgehead atoms. The molecule has 2 aromatic carbocycles. The molecule has 0 unspecified atom stereocenters. The maximum Gasteiger partial charge on any atom is 0.387 e. The molecule has 2 aromatic rings. The lowest BCUT2D eigenvalue weighted by Crippen LogP contribution is -2.08. The summed E-state index contributed by atoms with van der Waals surface area (Å²) in [6.45, 7) is -2.70. The number of hydrogen-bond acceptors (Lipinski definition) is 7. The van der Waals surface area contributed by atoms with Gasteiger partial charge in [0.15, 0.2) is 21.3 Å². The van der Waals surface area contributed by atoms with E-state index in [0.29, 0.717) is 6.42 Å². The number of nitrogens with zero attached hydrogens (tertiary/aromatic N) is 1. The van der Waals surface area contributed by atoms with Gasteiger partial charge in [-0.3, -0.25) is 10.1 Å². The van der Waals surface area contributed by atoms with Gasteiger partial charge >= 0.3 is 6.61 Å². The normalized spacial score (nSPS) is 11.3. The number of ether oxygens (including phenoxy) is 2. The third-order valence-electron chi connectivity index (χ3n) is 3.77.